The molecule has 1 aromatic heterocycles. The fourth-order valence-electron chi connectivity index (χ4n) is 1.48. The summed E-state index contributed by atoms with van der Waals surface area (Å²) in [6, 6.07) is 6.96. The second-order valence-electron chi connectivity index (χ2n) is 3.54. The van der Waals surface area contributed by atoms with Crippen LogP contribution >= 0.6 is 23.2 Å². The van der Waals surface area contributed by atoms with E-state index in [1.165, 1.54) is 6.20 Å². The summed E-state index contributed by atoms with van der Waals surface area (Å²) in [5.41, 5.74) is 0.917. The molecular formula is C12H10Cl2N2O2. The van der Waals surface area contributed by atoms with Gasteiger partial charge in [-0.15, -0.1) is 0 Å². The Morgan fingerprint density at radius 2 is 1.89 bits per heavy atom. The summed E-state index contributed by atoms with van der Waals surface area (Å²) < 4.78 is 5.04. The van der Waals surface area contributed by atoms with Gasteiger partial charge in [0.1, 0.15) is 22.7 Å². The predicted molar refractivity (Wildman–Crippen MR) is 69.1 cm³/mol. The van der Waals surface area contributed by atoms with Crippen molar-refractivity contribution in [1.82, 2.24) is 9.97 Å². The normalized spacial score (nSPS) is 12.2. The van der Waals surface area contributed by atoms with E-state index in [1.54, 1.807) is 31.4 Å². The molecule has 1 atom stereocenters. The number of nitrogens with zero attached hydrogens (tertiary/aromatic N) is 2. The summed E-state index contributed by atoms with van der Waals surface area (Å²) in [5, 5.41) is 10.4. The number of aliphatic hydroxyl groups is 1. The number of ether oxygens (including phenoxy) is 1. The SMILES string of the molecule is COc1ccc([C@@H](O)c2ncc(Cl)nc2Cl)cc1. The van der Waals surface area contributed by atoms with Crippen molar-refractivity contribution in [2.24, 2.45) is 0 Å². The van der Waals surface area contributed by atoms with Crippen LogP contribution in [-0.2, 0) is 0 Å². The van der Waals surface area contributed by atoms with Crippen molar-refractivity contribution in [3.63, 3.8) is 0 Å². The van der Waals surface area contributed by atoms with Gasteiger partial charge in [0.2, 0.25) is 0 Å². The molecule has 0 radical (unpaired) electrons. The van der Waals surface area contributed by atoms with E-state index >= 15 is 0 Å². The van der Waals surface area contributed by atoms with Crippen molar-refractivity contribution >= 4 is 23.2 Å². The predicted octanol–water partition coefficient (Wildman–Crippen LogP) is 2.87. The molecule has 18 heavy (non-hydrogen) atoms. The van der Waals surface area contributed by atoms with Gasteiger partial charge in [0.15, 0.2) is 5.15 Å². The van der Waals surface area contributed by atoms with Gasteiger partial charge < -0.3 is 9.84 Å². The van der Waals surface area contributed by atoms with Crippen LogP contribution in [0.3, 0.4) is 0 Å². The number of rotatable bonds is 3. The molecule has 2 rings (SSSR count). The summed E-state index contributed by atoms with van der Waals surface area (Å²) >= 11 is 11.5. The van der Waals surface area contributed by atoms with Gasteiger partial charge in [-0.2, -0.15) is 0 Å². The van der Waals surface area contributed by atoms with Crippen molar-refractivity contribution in [3.8, 4) is 5.75 Å². The Kier molecular flexibility index (Phi) is 4.01. The maximum atomic E-state index is 10.2. The molecule has 0 aliphatic rings. The fourth-order valence-corrected chi connectivity index (χ4v) is 1.90. The van der Waals surface area contributed by atoms with Crippen LogP contribution in [0.4, 0.5) is 0 Å². The molecular weight excluding hydrogens is 275 g/mol. The van der Waals surface area contributed by atoms with Gasteiger partial charge in [0.25, 0.3) is 0 Å². The van der Waals surface area contributed by atoms with E-state index in [0.29, 0.717) is 11.3 Å². The number of methoxy groups -OCH3 is 1. The van der Waals surface area contributed by atoms with Gasteiger partial charge >= 0.3 is 0 Å². The number of benzene rings is 1. The zero-order valence-corrected chi connectivity index (χ0v) is 11.0. The minimum Gasteiger partial charge on any atom is -0.497 e. The molecule has 4 nitrogen and oxygen atoms in total. The monoisotopic (exact) mass is 284 g/mol. The number of aliphatic hydroxyl groups excluding tert-OH is 1. The largest absolute Gasteiger partial charge is 0.497 e. The molecule has 6 heteroatoms. The number of hydrogen-bond donors (Lipinski definition) is 1. The second kappa shape index (κ2) is 5.52. The van der Waals surface area contributed by atoms with Crippen LogP contribution in [0.1, 0.15) is 17.4 Å². The lowest BCUT2D eigenvalue weighted by Crippen LogP contribution is -2.04. The second-order valence-corrected chi connectivity index (χ2v) is 4.29. The fraction of sp³-hybridized carbons (Fsp3) is 0.167. The summed E-state index contributed by atoms with van der Waals surface area (Å²) in [4.78, 5) is 7.83. The van der Waals surface area contributed by atoms with Gasteiger partial charge in [-0.05, 0) is 17.7 Å². The summed E-state index contributed by atoms with van der Waals surface area (Å²) in [7, 11) is 1.58. The Morgan fingerprint density at radius 3 is 2.44 bits per heavy atom. The van der Waals surface area contributed by atoms with E-state index in [1.807, 2.05) is 0 Å². The standard InChI is InChI=1S/C12H10Cl2N2O2/c1-18-8-4-2-7(3-5-8)11(17)10-12(14)16-9(13)6-15-10/h2-6,11,17H,1H3/t11-/m1/s1. The van der Waals surface area contributed by atoms with Crippen molar-refractivity contribution in [2.45, 2.75) is 6.10 Å². The number of halogens is 2. The molecule has 0 saturated carbocycles. The Morgan fingerprint density at radius 1 is 1.22 bits per heavy atom. The van der Waals surface area contributed by atoms with Crippen LogP contribution in [-0.4, -0.2) is 22.2 Å². The number of hydrogen-bond acceptors (Lipinski definition) is 4. The highest BCUT2D eigenvalue weighted by Crippen LogP contribution is 2.27. The molecule has 0 aliphatic carbocycles. The third-order valence-corrected chi connectivity index (χ3v) is 2.88. The van der Waals surface area contributed by atoms with Crippen molar-refractivity contribution < 1.29 is 9.84 Å². The Bertz CT molecular complexity index is 546. The topological polar surface area (TPSA) is 55.2 Å². The first-order valence-corrected chi connectivity index (χ1v) is 5.87. The Labute approximate surface area is 114 Å². The first-order chi connectivity index (χ1) is 8.61. The highest BCUT2D eigenvalue weighted by atomic mass is 35.5. The minimum atomic E-state index is -0.951. The van der Waals surface area contributed by atoms with Crippen LogP contribution in [0.15, 0.2) is 30.5 Å². The van der Waals surface area contributed by atoms with E-state index in [2.05, 4.69) is 9.97 Å². The first kappa shape index (κ1) is 13.1. The highest BCUT2D eigenvalue weighted by molar-refractivity contribution is 6.32. The van der Waals surface area contributed by atoms with Crippen molar-refractivity contribution in [3.05, 3.63) is 52.0 Å². The quantitative estimate of drug-likeness (QED) is 0.942. The maximum Gasteiger partial charge on any atom is 0.155 e. The molecule has 0 amide bonds. The van der Waals surface area contributed by atoms with E-state index in [4.69, 9.17) is 27.9 Å². The molecule has 1 heterocycles. The summed E-state index contributed by atoms with van der Waals surface area (Å²) in [6.07, 6.45) is 0.392. The van der Waals surface area contributed by atoms with Crippen molar-refractivity contribution in [1.29, 1.82) is 0 Å². The summed E-state index contributed by atoms with van der Waals surface area (Å²) in [5.74, 6) is 0.708. The molecule has 1 aromatic carbocycles. The lowest BCUT2D eigenvalue weighted by molar-refractivity contribution is 0.215. The Balaban J connectivity index is 2.31. The van der Waals surface area contributed by atoms with E-state index in [0.717, 1.165) is 0 Å². The molecule has 0 saturated heterocycles. The van der Waals surface area contributed by atoms with Crippen molar-refractivity contribution in [2.75, 3.05) is 7.11 Å². The molecule has 1 N–H and O–H groups in total. The van der Waals surface area contributed by atoms with Crippen LogP contribution in [0.2, 0.25) is 10.3 Å². The maximum absolute atomic E-state index is 10.2. The lowest BCUT2D eigenvalue weighted by atomic mass is 10.1. The van der Waals surface area contributed by atoms with E-state index in [-0.39, 0.29) is 16.0 Å². The van der Waals surface area contributed by atoms with Crippen LogP contribution in [0.5, 0.6) is 5.75 Å². The van der Waals surface area contributed by atoms with Gasteiger partial charge in [-0.1, -0.05) is 35.3 Å². The van der Waals surface area contributed by atoms with Crippen LogP contribution in [0, 0.1) is 0 Å². The molecule has 0 unspecified atom stereocenters. The molecule has 0 aliphatic heterocycles. The van der Waals surface area contributed by atoms with E-state index < -0.39 is 6.10 Å². The highest BCUT2D eigenvalue weighted by Gasteiger charge is 2.17. The Hall–Kier alpha value is -1.36. The average Bonchev–Trinajstić information content (AvgIpc) is 2.38. The third kappa shape index (κ3) is 2.72. The minimum absolute atomic E-state index is 0.0887. The van der Waals surface area contributed by atoms with Crippen LogP contribution in [0.25, 0.3) is 0 Å². The molecule has 94 valence electrons. The van der Waals surface area contributed by atoms with Crippen LogP contribution < -0.4 is 4.74 Å². The smallest absolute Gasteiger partial charge is 0.155 e. The summed E-state index contributed by atoms with van der Waals surface area (Å²) in [6.45, 7) is 0. The zero-order chi connectivity index (χ0) is 13.1. The number of aromatic nitrogens is 2. The molecule has 0 spiro atoms. The van der Waals surface area contributed by atoms with Gasteiger partial charge in [-0.25, -0.2) is 4.98 Å². The average molecular weight is 285 g/mol. The van der Waals surface area contributed by atoms with E-state index in [9.17, 15) is 5.11 Å². The van der Waals surface area contributed by atoms with Gasteiger partial charge in [0, 0.05) is 0 Å². The molecule has 2 aromatic rings. The first-order valence-electron chi connectivity index (χ1n) is 5.11. The molecule has 0 fully saturated rings. The van der Waals surface area contributed by atoms with Gasteiger partial charge in [-0.3, -0.25) is 4.98 Å². The van der Waals surface area contributed by atoms with Gasteiger partial charge in [0.05, 0.1) is 13.3 Å². The zero-order valence-electron chi connectivity index (χ0n) is 9.47. The third-order valence-electron chi connectivity index (χ3n) is 2.42. The molecule has 0 bridgehead atoms. The lowest BCUT2D eigenvalue weighted by Gasteiger charge is -2.12.